The van der Waals surface area contributed by atoms with Crippen LogP contribution in [0.3, 0.4) is 0 Å². The first-order chi connectivity index (χ1) is 11.9. The molecule has 1 saturated heterocycles. The molecule has 1 aromatic carbocycles. The molecular weight excluding hydrogens is 308 g/mol. The Bertz CT molecular complexity index is 479. The Hall–Kier alpha value is -0.860. The van der Waals surface area contributed by atoms with Gasteiger partial charge in [0.25, 0.3) is 0 Å². The second kappa shape index (κ2) is 9.73. The number of benzene rings is 1. The van der Waals surface area contributed by atoms with Crippen molar-refractivity contribution in [1.82, 2.24) is 0 Å². The highest BCUT2D eigenvalue weighted by atomic mass is 16.7. The van der Waals surface area contributed by atoms with Gasteiger partial charge in [-0.3, -0.25) is 0 Å². The number of unbranched alkanes of at least 4 members (excludes halogenated alkanes) is 5. The highest BCUT2D eigenvalue weighted by Crippen LogP contribution is 2.33. The third-order valence-corrected chi connectivity index (χ3v) is 5.40. The first-order valence-electron chi connectivity index (χ1n) is 10.3. The summed E-state index contributed by atoms with van der Waals surface area (Å²) in [5.74, 6) is -0.419. The van der Waals surface area contributed by atoms with Gasteiger partial charge in [0.15, 0.2) is 5.79 Å². The Balaban J connectivity index is 1.68. The van der Waals surface area contributed by atoms with E-state index in [0.717, 1.165) is 26.1 Å². The summed E-state index contributed by atoms with van der Waals surface area (Å²) in [6.07, 6.45) is 11.6. The maximum atomic E-state index is 5.85. The summed E-state index contributed by atoms with van der Waals surface area (Å²) in [5, 5.41) is 0. The topological polar surface area (TPSA) is 18.5 Å². The second-order valence-electron chi connectivity index (χ2n) is 8.62. The molecule has 0 spiro atoms. The molecule has 0 bridgehead atoms. The zero-order valence-electron chi connectivity index (χ0n) is 16.9. The Morgan fingerprint density at radius 3 is 1.88 bits per heavy atom. The van der Waals surface area contributed by atoms with Gasteiger partial charge in [0.2, 0.25) is 0 Å². The van der Waals surface area contributed by atoms with Gasteiger partial charge < -0.3 is 9.47 Å². The standard InChI is InChI=1S/C23H38O2/c1-5-6-7-8-9-10-11-20-12-14-21(15-13-20)16-17-23(4)18-24-22(2,3)25-19-23/h12-15H,5-11,16-19H2,1-4H3. The van der Waals surface area contributed by atoms with Crippen LogP contribution in [0.25, 0.3) is 0 Å². The van der Waals surface area contributed by atoms with Crippen LogP contribution in [0.4, 0.5) is 0 Å². The number of ether oxygens (including phenoxy) is 2. The molecular formula is C23H38O2. The predicted molar refractivity (Wildman–Crippen MR) is 106 cm³/mol. The van der Waals surface area contributed by atoms with Gasteiger partial charge in [0, 0.05) is 5.41 Å². The van der Waals surface area contributed by atoms with E-state index in [1.165, 1.54) is 56.1 Å². The van der Waals surface area contributed by atoms with E-state index >= 15 is 0 Å². The van der Waals surface area contributed by atoms with Crippen molar-refractivity contribution in [3.8, 4) is 0 Å². The van der Waals surface area contributed by atoms with Crippen molar-refractivity contribution in [2.24, 2.45) is 5.41 Å². The Kier molecular flexibility index (Phi) is 7.96. The zero-order valence-corrected chi connectivity index (χ0v) is 16.9. The summed E-state index contributed by atoms with van der Waals surface area (Å²) in [5.41, 5.74) is 3.04. The van der Waals surface area contributed by atoms with E-state index in [2.05, 4.69) is 38.1 Å². The predicted octanol–water partition coefficient (Wildman–Crippen LogP) is 6.31. The molecule has 1 aliphatic heterocycles. The van der Waals surface area contributed by atoms with E-state index < -0.39 is 5.79 Å². The highest BCUT2D eigenvalue weighted by molar-refractivity contribution is 5.23. The average molecular weight is 347 g/mol. The quantitative estimate of drug-likeness (QED) is 0.462. The van der Waals surface area contributed by atoms with Crippen LogP contribution in [0.5, 0.6) is 0 Å². The van der Waals surface area contributed by atoms with Crippen molar-refractivity contribution in [2.45, 2.75) is 91.3 Å². The first-order valence-corrected chi connectivity index (χ1v) is 10.3. The SMILES string of the molecule is CCCCCCCCc1ccc(CCC2(C)COC(C)(C)OC2)cc1. The van der Waals surface area contributed by atoms with Crippen molar-refractivity contribution in [3.63, 3.8) is 0 Å². The summed E-state index contributed by atoms with van der Waals surface area (Å²) >= 11 is 0. The van der Waals surface area contributed by atoms with Crippen molar-refractivity contribution in [2.75, 3.05) is 13.2 Å². The van der Waals surface area contributed by atoms with Gasteiger partial charge >= 0.3 is 0 Å². The summed E-state index contributed by atoms with van der Waals surface area (Å²) < 4.78 is 11.7. The smallest absolute Gasteiger partial charge is 0.162 e. The fourth-order valence-corrected chi connectivity index (χ4v) is 3.35. The number of hydrogen-bond acceptors (Lipinski definition) is 2. The van der Waals surface area contributed by atoms with Gasteiger partial charge in [-0.2, -0.15) is 0 Å². The number of aryl methyl sites for hydroxylation is 2. The molecule has 1 heterocycles. The molecule has 0 aliphatic carbocycles. The highest BCUT2D eigenvalue weighted by Gasteiger charge is 2.36. The third-order valence-electron chi connectivity index (χ3n) is 5.40. The molecule has 2 rings (SSSR count). The molecule has 0 atom stereocenters. The maximum absolute atomic E-state index is 5.85. The Labute approximate surface area is 155 Å². The van der Waals surface area contributed by atoms with Crippen molar-refractivity contribution in [1.29, 1.82) is 0 Å². The van der Waals surface area contributed by atoms with Crippen LogP contribution >= 0.6 is 0 Å². The molecule has 0 saturated carbocycles. The van der Waals surface area contributed by atoms with E-state index in [1.54, 1.807) is 0 Å². The summed E-state index contributed by atoms with van der Waals surface area (Å²) in [7, 11) is 0. The summed E-state index contributed by atoms with van der Waals surface area (Å²) in [4.78, 5) is 0. The third kappa shape index (κ3) is 7.50. The normalized spacial score (nSPS) is 19.0. The van der Waals surface area contributed by atoms with E-state index in [-0.39, 0.29) is 5.41 Å². The lowest BCUT2D eigenvalue weighted by atomic mass is 9.84. The molecule has 0 unspecified atom stereocenters. The monoisotopic (exact) mass is 346 g/mol. The average Bonchev–Trinajstić information content (AvgIpc) is 2.60. The van der Waals surface area contributed by atoms with E-state index in [4.69, 9.17) is 9.47 Å². The number of rotatable bonds is 10. The Morgan fingerprint density at radius 1 is 0.760 bits per heavy atom. The van der Waals surface area contributed by atoms with Gasteiger partial charge in [-0.15, -0.1) is 0 Å². The van der Waals surface area contributed by atoms with Gasteiger partial charge in [0.05, 0.1) is 13.2 Å². The van der Waals surface area contributed by atoms with E-state index in [9.17, 15) is 0 Å². The molecule has 0 amide bonds. The fourth-order valence-electron chi connectivity index (χ4n) is 3.35. The van der Waals surface area contributed by atoms with Gasteiger partial charge in [-0.25, -0.2) is 0 Å². The van der Waals surface area contributed by atoms with Crippen molar-refractivity contribution < 1.29 is 9.47 Å². The lowest BCUT2D eigenvalue weighted by molar-refractivity contribution is -0.283. The van der Waals surface area contributed by atoms with E-state index in [1.807, 2.05) is 13.8 Å². The first kappa shape index (κ1) is 20.5. The molecule has 0 N–H and O–H groups in total. The summed E-state index contributed by atoms with van der Waals surface area (Å²) in [6, 6.07) is 9.26. The molecule has 0 radical (unpaired) electrons. The molecule has 1 fully saturated rings. The maximum Gasteiger partial charge on any atom is 0.162 e. The molecule has 25 heavy (non-hydrogen) atoms. The molecule has 142 valence electrons. The van der Waals surface area contributed by atoms with Gasteiger partial charge in [0.1, 0.15) is 0 Å². The summed E-state index contributed by atoms with van der Waals surface area (Å²) in [6.45, 7) is 10.1. The van der Waals surface area contributed by atoms with Crippen molar-refractivity contribution >= 4 is 0 Å². The molecule has 1 aliphatic rings. The fraction of sp³-hybridized carbons (Fsp3) is 0.739. The lowest BCUT2D eigenvalue weighted by Crippen LogP contribution is -2.45. The van der Waals surface area contributed by atoms with Crippen LogP contribution in [0.2, 0.25) is 0 Å². The Morgan fingerprint density at radius 2 is 1.28 bits per heavy atom. The van der Waals surface area contributed by atoms with Crippen LogP contribution in [-0.4, -0.2) is 19.0 Å². The minimum Gasteiger partial charge on any atom is -0.350 e. The van der Waals surface area contributed by atoms with Crippen molar-refractivity contribution in [3.05, 3.63) is 35.4 Å². The molecule has 2 nitrogen and oxygen atoms in total. The van der Waals surface area contributed by atoms with Crippen LogP contribution in [0, 0.1) is 5.41 Å². The van der Waals surface area contributed by atoms with E-state index in [0.29, 0.717) is 0 Å². The lowest BCUT2D eigenvalue weighted by Gasteiger charge is -2.41. The minimum absolute atomic E-state index is 0.132. The second-order valence-corrected chi connectivity index (χ2v) is 8.62. The van der Waals surface area contributed by atoms with Crippen LogP contribution < -0.4 is 0 Å². The molecule has 1 aromatic rings. The molecule has 2 heteroatoms. The van der Waals surface area contributed by atoms with Gasteiger partial charge in [-0.05, 0) is 50.7 Å². The zero-order chi connectivity index (χ0) is 18.2. The largest absolute Gasteiger partial charge is 0.350 e. The van der Waals surface area contributed by atoms with Gasteiger partial charge in [-0.1, -0.05) is 70.2 Å². The van der Waals surface area contributed by atoms with Crippen LogP contribution in [0.15, 0.2) is 24.3 Å². The van der Waals surface area contributed by atoms with Crippen LogP contribution in [0.1, 0.15) is 83.8 Å². The van der Waals surface area contributed by atoms with Crippen LogP contribution in [-0.2, 0) is 22.3 Å². The molecule has 0 aromatic heterocycles. The number of hydrogen-bond donors (Lipinski definition) is 0. The minimum atomic E-state index is -0.419.